The highest BCUT2D eigenvalue weighted by atomic mass is 19.4. The van der Waals surface area contributed by atoms with Crippen LogP contribution in [-0.2, 0) is 15.7 Å². The Hall–Kier alpha value is -1.56. The number of halogens is 3. The molecule has 3 nitrogen and oxygen atoms in total. The molecule has 2 unspecified atom stereocenters. The zero-order chi connectivity index (χ0) is 17.2. The van der Waals surface area contributed by atoms with Crippen LogP contribution in [0.2, 0.25) is 0 Å². The third-order valence-corrected chi connectivity index (χ3v) is 4.61. The number of rotatable bonds is 8. The predicted octanol–water partition coefficient (Wildman–Crippen LogP) is 3.74. The first-order valence-corrected chi connectivity index (χ1v) is 8.48. The van der Waals surface area contributed by atoms with E-state index in [2.05, 4.69) is 5.32 Å². The van der Waals surface area contributed by atoms with Gasteiger partial charge in [0.25, 0.3) is 0 Å². The molecule has 0 aromatic heterocycles. The van der Waals surface area contributed by atoms with Gasteiger partial charge in [0, 0.05) is 25.7 Å². The van der Waals surface area contributed by atoms with Gasteiger partial charge in [-0.25, -0.2) is 0 Å². The number of ether oxygens (including phenoxy) is 1. The maximum Gasteiger partial charge on any atom is 0.416 e. The van der Waals surface area contributed by atoms with Gasteiger partial charge in [0.2, 0.25) is 5.91 Å². The van der Waals surface area contributed by atoms with E-state index in [1.165, 1.54) is 25.0 Å². The van der Waals surface area contributed by atoms with Crippen LogP contribution in [0.25, 0.3) is 0 Å². The van der Waals surface area contributed by atoms with Crippen LogP contribution in [0.1, 0.15) is 42.7 Å². The number of amides is 1. The Morgan fingerprint density at radius 1 is 1.25 bits per heavy atom. The summed E-state index contributed by atoms with van der Waals surface area (Å²) in [5.74, 6) is -0.102. The highest BCUT2D eigenvalue weighted by molar-refractivity contribution is 5.83. The fourth-order valence-electron chi connectivity index (χ4n) is 2.96. The lowest BCUT2D eigenvalue weighted by Crippen LogP contribution is -2.27. The normalized spacial score (nSPS) is 23.1. The molecule has 0 spiro atoms. The van der Waals surface area contributed by atoms with E-state index in [0.29, 0.717) is 19.6 Å². The highest BCUT2D eigenvalue weighted by Gasteiger charge is 2.47. The van der Waals surface area contributed by atoms with Crippen LogP contribution in [0.15, 0.2) is 24.3 Å². The summed E-state index contributed by atoms with van der Waals surface area (Å²) in [5.41, 5.74) is -0.392. The van der Waals surface area contributed by atoms with Crippen LogP contribution in [0.3, 0.4) is 0 Å². The molecule has 2 atom stereocenters. The van der Waals surface area contributed by atoms with E-state index in [1.54, 1.807) is 6.07 Å². The lowest BCUT2D eigenvalue weighted by Gasteiger charge is -2.12. The summed E-state index contributed by atoms with van der Waals surface area (Å²) in [6, 6.07) is 5.53. The second-order valence-corrected chi connectivity index (χ2v) is 6.70. The van der Waals surface area contributed by atoms with Gasteiger partial charge in [-0.05, 0) is 49.1 Å². The lowest BCUT2D eigenvalue weighted by atomic mass is 10.0. The summed E-state index contributed by atoms with van der Waals surface area (Å²) in [6.07, 6.45) is -0.663. The van der Waals surface area contributed by atoms with Crippen molar-refractivity contribution < 1.29 is 22.7 Å². The van der Waals surface area contributed by atoms with Crippen molar-refractivity contribution >= 4 is 5.91 Å². The molecule has 2 aliphatic rings. The average molecular weight is 341 g/mol. The van der Waals surface area contributed by atoms with Gasteiger partial charge in [-0.1, -0.05) is 18.2 Å². The minimum atomic E-state index is -4.38. The maximum atomic E-state index is 13.0. The molecule has 0 aliphatic heterocycles. The van der Waals surface area contributed by atoms with Crippen molar-refractivity contribution in [2.24, 2.45) is 11.8 Å². The molecule has 0 radical (unpaired) electrons. The number of hydrogen-bond acceptors (Lipinski definition) is 2. The van der Waals surface area contributed by atoms with Gasteiger partial charge in [-0.3, -0.25) is 4.79 Å². The predicted molar refractivity (Wildman–Crippen MR) is 83.5 cm³/mol. The molecule has 1 aromatic rings. The SMILES string of the molecule is O=C(NCCCOCC1CC1)C1CC1c1ccccc1C(F)(F)F. The van der Waals surface area contributed by atoms with E-state index >= 15 is 0 Å². The first-order chi connectivity index (χ1) is 11.5. The van der Waals surface area contributed by atoms with E-state index in [4.69, 9.17) is 4.74 Å². The molecule has 24 heavy (non-hydrogen) atoms. The van der Waals surface area contributed by atoms with Crippen molar-refractivity contribution in [3.05, 3.63) is 35.4 Å². The molecule has 3 rings (SSSR count). The molecular formula is C18H22F3NO2. The summed E-state index contributed by atoms with van der Waals surface area (Å²) in [6.45, 7) is 1.92. The standard InChI is InChI=1S/C18H22F3NO2/c19-18(20,21)16-5-2-1-4-13(16)14-10-15(14)17(23)22-8-3-9-24-11-12-6-7-12/h1-2,4-5,12,14-15H,3,6-11H2,(H,22,23). The Morgan fingerprint density at radius 2 is 2.00 bits per heavy atom. The quantitative estimate of drug-likeness (QED) is 0.732. The van der Waals surface area contributed by atoms with Crippen molar-refractivity contribution in [2.45, 2.75) is 37.8 Å². The Morgan fingerprint density at radius 3 is 2.71 bits per heavy atom. The minimum Gasteiger partial charge on any atom is -0.381 e. The van der Waals surface area contributed by atoms with Crippen LogP contribution in [0, 0.1) is 11.8 Å². The number of carbonyl (C=O) groups excluding carboxylic acids is 1. The zero-order valence-electron chi connectivity index (χ0n) is 13.4. The molecule has 2 saturated carbocycles. The van der Waals surface area contributed by atoms with Gasteiger partial charge < -0.3 is 10.1 Å². The Kier molecular flexibility index (Phi) is 5.13. The lowest BCUT2D eigenvalue weighted by molar-refractivity contribution is -0.138. The number of benzene rings is 1. The van der Waals surface area contributed by atoms with E-state index in [1.807, 2.05) is 0 Å². The number of nitrogens with one attached hydrogen (secondary N) is 1. The van der Waals surface area contributed by atoms with Gasteiger partial charge in [-0.15, -0.1) is 0 Å². The van der Waals surface area contributed by atoms with Crippen LogP contribution < -0.4 is 5.32 Å². The fraction of sp³-hybridized carbons (Fsp3) is 0.611. The zero-order valence-corrected chi connectivity index (χ0v) is 13.4. The Labute approximate surface area is 139 Å². The number of alkyl halides is 3. The molecular weight excluding hydrogens is 319 g/mol. The van der Waals surface area contributed by atoms with Gasteiger partial charge in [-0.2, -0.15) is 13.2 Å². The number of carbonyl (C=O) groups is 1. The largest absolute Gasteiger partial charge is 0.416 e. The second-order valence-electron chi connectivity index (χ2n) is 6.70. The Balaban J connectivity index is 1.42. The molecule has 1 N–H and O–H groups in total. The Bertz CT molecular complexity index is 584. The summed E-state index contributed by atoms with van der Waals surface area (Å²) in [5, 5.41) is 2.81. The summed E-state index contributed by atoms with van der Waals surface area (Å²) in [4.78, 5) is 12.1. The van der Waals surface area contributed by atoms with Crippen molar-refractivity contribution in [3.8, 4) is 0 Å². The van der Waals surface area contributed by atoms with E-state index in [9.17, 15) is 18.0 Å². The molecule has 0 bridgehead atoms. The van der Waals surface area contributed by atoms with Gasteiger partial charge in [0.05, 0.1) is 5.56 Å². The van der Waals surface area contributed by atoms with E-state index in [-0.39, 0.29) is 23.3 Å². The van der Waals surface area contributed by atoms with Crippen LogP contribution in [0.4, 0.5) is 13.2 Å². The van der Waals surface area contributed by atoms with E-state index in [0.717, 1.165) is 25.0 Å². The molecule has 132 valence electrons. The van der Waals surface area contributed by atoms with E-state index < -0.39 is 11.7 Å². The summed E-state index contributed by atoms with van der Waals surface area (Å²) < 4.78 is 44.6. The van der Waals surface area contributed by atoms with Crippen molar-refractivity contribution in [1.29, 1.82) is 0 Å². The highest BCUT2D eigenvalue weighted by Crippen LogP contribution is 2.50. The van der Waals surface area contributed by atoms with Gasteiger partial charge in [0.15, 0.2) is 0 Å². The minimum absolute atomic E-state index is 0.154. The molecule has 6 heteroatoms. The molecule has 1 amide bonds. The van der Waals surface area contributed by atoms with Crippen molar-refractivity contribution in [3.63, 3.8) is 0 Å². The number of hydrogen-bond donors (Lipinski definition) is 1. The smallest absolute Gasteiger partial charge is 0.381 e. The third kappa shape index (κ3) is 4.50. The first-order valence-electron chi connectivity index (χ1n) is 8.48. The van der Waals surface area contributed by atoms with Crippen LogP contribution in [0.5, 0.6) is 0 Å². The van der Waals surface area contributed by atoms with Crippen LogP contribution in [-0.4, -0.2) is 25.7 Å². The van der Waals surface area contributed by atoms with Gasteiger partial charge >= 0.3 is 6.18 Å². The third-order valence-electron chi connectivity index (χ3n) is 4.61. The monoisotopic (exact) mass is 341 g/mol. The molecule has 0 heterocycles. The van der Waals surface area contributed by atoms with Crippen LogP contribution >= 0.6 is 0 Å². The second kappa shape index (κ2) is 7.13. The molecule has 1 aromatic carbocycles. The first kappa shape index (κ1) is 17.3. The average Bonchev–Trinajstić information content (AvgIpc) is 3.44. The molecule has 2 aliphatic carbocycles. The van der Waals surface area contributed by atoms with Crippen molar-refractivity contribution in [2.75, 3.05) is 19.8 Å². The topological polar surface area (TPSA) is 38.3 Å². The summed E-state index contributed by atoms with van der Waals surface area (Å²) in [7, 11) is 0. The van der Waals surface area contributed by atoms with Crippen molar-refractivity contribution in [1.82, 2.24) is 5.32 Å². The molecule has 0 saturated heterocycles. The maximum absolute atomic E-state index is 13.0. The summed E-state index contributed by atoms with van der Waals surface area (Å²) >= 11 is 0. The molecule has 2 fully saturated rings. The fourth-order valence-corrected chi connectivity index (χ4v) is 2.96. The van der Waals surface area contributed by atoms with Gasteiger partial charge in [0.1, 0.15) is 0 Å².